The third-order valence-corrected chi connectivity index (χ3v) is 5.21. The van der Waals surface area contributed by atoms with Crippen LogP contribution >= 0.6 is 11.8 Å². The molecule has 0 unspecified atom stereocenters. The molecule has 1 aromatic heterocycles. The van der Waals surface area contributed by atoms with E-state index in [-0.39, 0.29) is 17.3 Å². The Morgan fingerprint density at radius 2 is 1.93 bits per heavy atom. The summed E-state index contributed by atoms with van der Waals surface area (Å²) in [6, 6.07) is 12.9. The third kappa shape index (κ3) is 4.78. The van der Waals surface area contributed by atoms with E-state index in [2.05, 4.69) is 10.3 Å². The van der Waals surface area contributed by atoms with Gasteiger partial charge in [-0.3, -0.25) is 14.2 Å². The van der Waals surface area contributed by atoms with E-state index in [1.54, 1.807) is 30.3 Å². The molecular weight excluding hydrogens is 377 g/mol. The van der Waals surface area contributed by atoms with E-state index in [4.69, 9.17) is 0 Å². The summed E-state index contributed by atoms with van der Waals surface area (Å²) >= 11 is 1.42. The van der Waals surface area contributed by atoms with E-state index in [1.165, 1.54) is 28.5 Å². The average Bonchev–Trinajstić information content (AvgIpc) is 2.71. The van der Waals surface area contributed by atoms with E-state index < -0.39 is 0 Å². The SMILES string of the molecule is CCCNC(=O)CCCSc1nc2ccccc2c(=O)n1-c1ccc(F)cc1. The van der Waals surface area contributed by atoms with Crippen LogP contribution in [0.5, 0.6) is 0 Å². The molecule has 7 heteroatoms. The molecule has 5 nitrogen and oxygen atoms in total. The van der Waals surface area contributed by atoms with Crippen molar-refractivity contribution in [3.63, 3.8) is 0 Å². The summed E-state index contributed by atoms with van der Waals surface area (Å²) in [6.07, 6.45) is 2.01. The molecule has 0 aliphatic rings. The van der Waals surface area contributed by atoms with E-state index in [9.17, 15) is 14.0 Å². The molecule has 0 fully saturated rings. The van der Waals surface area contributed by atoms with Gasteiger partial charge in [-0.25, -0.2) is 9.37 Å². The molecule has 146 valence electrons. The van der Waals surface area contributed by atoms with Crippen molar-refractivity contribution in [2.75, 3.05) is 12.3 Å². The highest BCUT2D eigenvalue weighted by molar-refractivity contribution is 7.99. The van der Waals surface area contributed by atoms with Crippen molar-refractivity contribution in [1.82, 2.24) is 14.9 Å². The quantitative estimate of drug-likeness (QED) is 0.354. The number of nitrogens with one attached hydrogen (secondary N) is 1. The number of halogens is 1. The first-order valence-electron chi connectivity index (χ1n) is 9.27. The Labute approximate surface area is 167 Å². The van der Waals surface area contributed by atoms with Gasteiger partial charge in [-0.1, -0.05) is 30.8 Å². The lowest BCUT2D eigenvalue weighted by Gasteiger charge is -2.13. The minimum atomic E-state index is -0.363. The van der Waals surface area contributed by atoms with Gasteiger partial charge in [-0.05, 0) is 49.2 Å². The number of aromatic nitrogens is 2. The molecule has 3 rings (SSSR count). The van der Waals surface area contributed by atoms with E-state index in [0.29, 0.717) is 46.9 Å². The van der Waals surface area contributed by atoms with Crippen molar-refractivity contribution in [2.45, 2.75) is 31.3 Å². The number of para-hydroxylation sites is 1. The van der Waals surface area contributed by atoms with Crippen LogP contribution in [0.2, 0.25) is 0 Å². The second-order valence-electron chi connectivity index (χ2n) is 6.33. The molecule has 1 N–H and O–H groups in total. The Morgan fingerprint density at radius 1 is 1.18 bits per heavy atom. The Hall–Kier alpha value is -2.67. The van der Waals surface area contributed by atoms with Crippen molar-refractivity contribution in [1.29, 1.82) is 0 Å². The zero-order valence-corrected chi connectivity index (χ0v) is 16.5. The molecule has 0 spiro atoms. The van der Waals surface area contributed by atoms with E-state index >= 15 is 0 Å². The fraction of sp³-hybridized carbons (Fsp3) is 0.286. The number of hydrogen-bond donors (Lipinski definition) is 1. The van der Waals surface area contributed by atoms with Gasteiger partial charge in [0.2, 0.25) is 5.91 Å². The number of carbonyl (C=O) groups is 1. The second-order valence-corrected chi connectivity index (χ2v) is 7.39. The average molecular weight is 399 g/mol. The van der Waals surface area contributed by atoms with Gasteiger partial charge in [-0.2, -0.15) is 0 Å². The number of hydrogen-bond acceptors (Lipinski definition) is 4. The first kappa shape index (κ1) is 20.1. The van der Waals surface area contributed by atoms with Gasteiger partial charge in [0.15, 0.2) is 5.16 Å². The molecule has 28 heavy (non-hydrogen) atoms. The van der Waals surface area contributed by atoms with E-state index in [0.717, 1.165) is 6.42 Å². The number of nitrogens with zero attached hydrogens (tertiary/aromatic N) is 2. The molecule has 2 aromatic carbocycles. The van der Waals surface area contributed by atoms with Crippen LogP contribution in [0.4, 0.5) is 4.39 Å². The smallest absolute Gasteiger partial charge is 0.266 e. The fourth-order valence-corrected chi connectivity index (χ4v) is 3.73. The van der Waals surface area contributed by atoms with Crippen molar-refractivity contribution < 1.29 is 9.18 Å². The Morgan fingerprint density at radius 3 is 2.68 bits per heavy atom. The molecule has 0 saturated heterocycles. The molecule has 1 amide bonds. The number of benzene rings is 2. The Bertz CT molecular complexity index is 1020. The van der Waals surface area contributed by atoms with Gasteiger partial charge >= 0.3 is 0 Å². The van der Waals surface area contributed by atoms with Crippen LogP contribution in [-0.4, -0.2) is 27.8 Å². The number of rotatable bonds is 8. The van der Waals surface area contributed by atoms with E-state index in [1.807, 2.05) is 13.0 Å². The molecule has 0 aliphatic heterocycles. The lowest BCUT2D eigenvalue weighted by atomic mass is 10.2. The van der Waals surface area contributed by atoms with Crippen LogP contribution in [-0.2, 0) is 4.79 Å². The minimum Gasteiger partial charge on any atom is -0.356 e. The number of thioether (sulfide) groups is 1. The van der Waals surface area contributed by atoms with Crippen LogP contribution in [0.1, 0.15) is 26.2 Å². The highest BCUT2D eigenvalue weighted by atomic mass is 32.2. The number of amides is 1. The minimum absolute atomic E-state index is 0.0323. The maximum atomic E-state index is 13.3. The summed E-state index contributed by atoms with van der Waals surface area (Å²) < 4.78 is 14.8. The second kappa shape index (κ2) is 9.50. The maximum absolute atomic E-state index is 13.3. The molecule has 1 heterocycles. The fourth-order valence-electron chi connectivity index (χ4n) is 2.78. The lowest BCUT2D eigenvalue weighted by Crippen LogP contribution is -2.24. The zero-order chi connectivity index (χ0) is 19.9. The predicted molar refractivity (Wildman–Crippen MR) is 111 cm³/mol. The first-order chi connectivity index (χ1) is 13.6. The van der Waals surface area contributed by atoms with Gasteiger partial charge in [-0.15, -0.1) is 0 Å². The summed E-state index contributed by atoms with van der Waals surface area (Å²) in [5, 5.41) is 3.89. The van der Waals surface area contributed by atoms with Crippen LogP contribution in [0.15, 0.2) is 58.5 Å². The summed E-state index contributed by atoms with van der Waals surface area (Å²) in [5.74, 6) is 0.314. The molecule has 0 atom stereocenters. The summed E-state index contributed by atoms with van der Waals surface area (Å²) in [5.41, 5.74) is 0.988. The number of fused-ring (bicyclic) bond motifs is 1. The zero-order valence-electron chi connectivity index (χ0n) is 15.7. The standard InChI is InChI=1S/C21H22FN3O2S/c1-2-13-23-19(26)8-5-14-28-21-24-18-7-4-3-6-17(18)20(27)25(21)16-11-9-15(22)10-12-16/h3-4,6-7,9-12H,2,5,8,13-14H2,1H3,(H,23,26). The van der Waals surface area contributed by atoms with Gasteiger partial charge in [0.25, 0.3) is 5.56 Å². The molecule has 0 aliphatic carbocycles. The van der Waals surface area contributed by atoms with Gasteiger partial charge < -0.3 is 5.32 Å². The van der Waals surface area contributed by atoms with Crippen molar-refractivity contribution in [3.8, 4) is 5.69 Å². The molecular formula is C21H22FN3O2S. The molecule has 0 bridgehead atoms. The first-order valence-corrected chi connectivity index (χ1v) is 10.3. The summed E-state index contributed by atoms with van der Waals surface area (Å²) in [4.78, 5) is 29.4. The summed E-state index contributed by atoms with van der Waals surface area (Å²) in [7, 11) is 0. The monoisotopic (exact) mass is 399 g/mol. The normalized spacial score (nSPS) is 10.9. The van der Waals surface area contributed by atoms with Crippen LogP contribution in [0.25, 0.3) is 16.6 Å². The molecule has 3 aromatic rings. The van der Waals surface area contributed by atoms with Crippen LogP contribution < -0.4 is 10.9 Å². The molecule has 0 saturated carbocycles. The molecule has 0 radical (unpaired) electrons. The number of carbonyl (C=O) groups excluding carboxylic acids is 1. The summed E-state index contributed by atoms with van der Waals surface area (Å²) in [6.45, 7) is 2.69. The van der Waals surface area contributed by atoms with Gasteiger partial charge in [0.05, 0.1) is 16.6 Å². The maximum Gasteiger partial charge on any atom is 0.266 e. The topological polar surface area (TPSA) is 64.0 Å². The predicted octanol–water partition coefficient (Wildman–Crippen LogP) is 3.92. The van der Waals surface area contributed by atoms with Crippen LogP contribution in [0.3, 0.4) is 0 Å². The largest absolute Gasteiger partial charge is 0.356 e. The van der Waals surface area contributed by atoms with Gasteiger partial charge in [0, 0.05) is 18.7 Å². The van der Waals surface area contributed by atoms with Crippen molar-refractivity contribution in [3.05, 3.63) is 64.7 Å². The van der Waals surface area contributed by atoms with Gasteiger partial charge in [0.1, 0.15) is 5.82 Å². The lowest BCUT2D eigenvalue weighted by molar-refractivity contribution is -0.121. The third-order valence-electron chi connectivity index (χ3n) is 4.18. The highest BCUT2D eigenvalue weighted by Gasteiger charge is 2.13. The van der Waals surface area contributed by atoms with Crippen LogP contribution in [0, 0.1) is 5.82 Å². The Kier molecular flexibility index (Phi) is 6.81. The highest BCUT2D eigenvalue weighted by Crippen LogP contribution is 2.22. The Balaban J connectivity index is 1.85. The van der Waals surface area contributed by atoms with Crippen molar-refractivity contribution in [2.24, 2.45) is 0 Å². The van der Waals surface area contributed by atoms with Crippen molar-refractivity contribution >= 4 is 28.6 Å².